The predicted molar refractivity (Wildman–Crippen MR) is 244 cm³/mol. The Morgan fingerprint density at radius 3 is 1.10 bits per heavy atom. The molecule has 0 unspecified atom stereocenters. The number of aromatic nitrogens is 2. The molecule has 2 heterocycles. The summed E-state index contributed by atoms with van der Waals surface area (Å²) in [4.78, 5) is 4.75. The minimum atomic E-state index is 1.06. The summed E-state index contributed by atoms with van der Waals surface area (Å²) in [5.41, 5.74) is 13.3. The van der Waals surface area contributed by atoms with E-state index < -0.39 is 0 Å². The molecule has 0 N–H and O–H groups in total. The SMILES string of the molecule is c1ccc(N(c2ccccc2)c2cc(-n3c4ccccc4c4ccccc43)cc(-n3c4ccccc4c4c(N(c5ccccc5)c5ccccc5)cccc43)c2)cc1. The van der Waals surface area contributed by atoms with E-state index in [1.54, 1.807) is 0 Å². The van der Waals surface area contributed by atoms with Crippen molar-refractivity contribution in [2.45, 2.75) is 0 Å². The maximum Gasteiger partial charge on any atom is 0.0562 e. The molecule has 0 saturated heterocycles. The molecule has 4 nitrogen and oxygen atoms in total. The van der Waals surface area contributed by atoms with Gasteiger partial charge >= 0.3 is 0 Å². The van der Waals surface area contributed by atoms with Crippen molar-refractivity contribution in [3.63, 3.8) is 0 Å². The lowest BCUT2D eigenvalue weighted by atomic mass is 10.1. The van der Waals surface area contributed by atoms with Crippen molar-refractivity contribution in [2.75, 3.05) is 9.80 Å². The average molecular weight is 743 g/mol. The zero-order valence-electron chi connectivity index (χ0n) is 31.7. The van der Waals surface area contributed by atoms with Crippen molar-refractivity contribution >= 4 is 77.7 Å². The van der Waals surface area contributed by atoms with E-state index in [1.807, 2.05) is 0 Å². The van der Waals surface area contributed by atoms with Gasteiger partial charge in [-0.1, -0.05) is 133 Å². The molecule has 0 bridgehead atoms. The van der Waals surface area contributed by atoms with Gasteiger partial charge in [-0.25, -0.2) is 0 Å². The third kappa shape index (κ3) is 5.54. The minimum absolute atomic E-state index is 1.06. The average Bonchev–Trinajstić information content (AvgIpc) is 3.82. The molecule has 58 heavy (non-hydrogen) atoms. The number of anilines is 6. The van der Waals surface area contributed by atoms with Crippen LogP contribution < -0.4 is 9.80 Å². The second kappa shape index (κ2) is 14.0. The fourth-order valence-electron chi connectivity index (χ4n) is 8.82. The molecule has 0 aliphatic heterocycles. The van der Waals surface area contributed by atoms with Crippen molar-refractivity contribution in [1.82, 2.24) is 9.13 Å². The van der Waals surface area contributed by atoms with Crippen LogP contribution in [0.15, 0.2) is 231 Å². The first-order valence-corrected chi connectivity index (χ1v) is 19.8. The van der Waals surface area contributed by atoms with Gasteiger partial charge in [-0.3, -0.25) is 0 Å². The number of rotatable bonds is 8. The zero-order valence-corrected chi connectivity index (χ0v) is 31.7. The maximum atomic E-state index is 2.46. The summed E-state index contributed by atoms with van der Waals surface area (Å²) in [6.45, 7) is 0. The molecular formula is C54H38N4. The summed E-state index contributed by atoms with van der Waals surface area (Å²) in [6.07, 6.45) is 0. The van der Waals surface area contributed by atoms with Crippen molar-refractivity contribution in [3.8, 4) is 11.4 Å². The van der Waals surface area contributed by atoms with Crippen molar-refractivity contribution in [3.05, 3.63) is 231 Å². The molecule has 0 radical (unpaired) electrons. The normalized spacial score (nSPS) is 11.4. The van der Waals surface area contributed by atoms with E-state index in [0.29, 0.717) is 0 Å². The first-order chi connectivity index (χ1) is 28.8. The van der Waals surface area contributed by atoms with Crippen molar-refractivity contribution in [1.29, 1.82) is 0 Å². The molecule has 0 amide bonds. The summed E-state index contributed by atoms with van der Waals surface area (Å²) >= 11 is 0. The van der Waals surface area contributed by atoms with Crippen molar-refractivity contribution in [2.24, 2.45) is 0 Å². The lowest BCUT2D eigenvalue weighted by Crippen LogP contribution is -2.11. The van der Waals surface area contributed by atoms with Gasteiger partial charge in [0.1, 0.15) is 0 Å². The fourth-order valence-corrected chi connectivity index (χ4v) is 8.82. The number of hydrogen-bond donors (Lipinski definition) is 0. The number of hydrogen-bond acceptors (Lipinski definition) is 2. The molecule has 0 spiro atoms. The van der Waals surface area contributed by atoms with Crippen LogP contribution in [0.3, 0.4) is 0 Å². The first kappa shape index (κ1) is 33.5. The number of nitrogens with zero attached hydrogens (tertiary/aromatic N) is 4. The Kier molecular flexibility index (Phi) is 8.11. The van der Waals surface area contributed by atoms with E-state index in [1.165, 1.54) is 32.6 Å². The summed E-state index contributed by atoms with van der Waals surface area (Å²) in [5.74, 6) is 0. The number of fused-ring (bicyclic) bond motifs is 6. The van der Waals surface area contributed by atoms with Crippen LogP contribution in [0.25, 0.3) is 55.0 Å². The molecule has 11 aromatic rings. The highest BCUT2D eigenvalue weighted by Gasteiger charge is 2.23. The van der Waals surface area contributed by atoms with Gasteiger partial charge in [-0.15, -0.1) is 0 Å². The van der Waals surface area contributed by atoms with Crippen LogP contribution in [-0.4, -0.2) is 9.13 Å². The van der Waals surface area contributed by atoms with Gasteiger partial charge < -0.3 is 18.9 Å². The van der Waals surface area contributed by atoms with E-state index in [9.17, 15) is 0 Å². The highest BCUT2D eigenvalue weighted by Crippen LogP contribution is 2.45. The third-order valence-electron chi connectivity index (χ3n) is 11.2. The van der Waals surface area contributed by atoms with Crippen LogP contribution in [0.2, 0.25) is 0 Å². The fraction of sp³-hybridized carbons (Fsp3) is 0. The van der Waals surface area contributed by atoms with Gasteiger partial charge in [-0.2, -0.15) is 0 Å². The van der Waals surface area contributed by atoms with Crippen LogP contribution in [-0.2, 0) is 0 Å². The van der Waals surface area contributed by atoms with Gasteiger partial charge in [-0.05, 0) is 97.1 Å². The topological polar surface area (TPSA) is 16.3 Å². The molecule has 0 saturated carbocycles. The number of para-hydroxylation sites is 7. The monoisotopic (exact) mass is 742 g/mol. The molecule has 9 aromatic carbocycles. The second-order valence-electron chi connectivity index (χ2n) is 14.6. The molecule has 0 fully saturated rings. The molecule has 0 aliphatic rings. The first-order valence-electron chi connectivity index (χ1n) is 19.8. The van der Waals surface area contributed by atoms with E-state index >= 15 is 0 Å². The van der Waals surface area contributed by atoms with Gasteiger partial charge in [0.05, 0.1) is 44.8 Å². The molecule has 0 aliphatic carbocycles. The molecule has 11 rings (SSSR count). The van der Waals surface area contributed by atoms with E-state index in [-0.39, 0.29) is 0 Å². The van der Waals surface area contributed by atoms with Gasteiger partial charge in [0.2, 0.25) is 0 Å². The summed E-state index contributed by atoms with van der Waals surface area (Å²) in [6, 6.07) is 82.8. The maximum absolute atomic E-state index is 2.46. The quantitative estimate of drug-likeness (QED) is 0.154. The Balaban J connectivity index is 1.24. The lowest BCUT2D eigenvalue weighted by molar-refractivity contribution is 1.12. The van der Waals surface area contributed by atoms with Crippen LogP contribution in [0, 0.1) is 0 Å². The highest BCUT2D eigenvalue weighted by molar-refractivity contribution is 6.17. The Morgan fingerprint density at radius 2 is 0.621 bits per heavy atom. The predicted octanol–water partition coefficient (Wildman–Crippen LogP) is 14.8. The molecule has 274 valence electrons. The smallest absolute Gasteiger partial charge is 0.0562 e. The standard InChI is InChI=1S/C54H38N4/c1-5-20-39(21-6-1)55(40-22-7-2-8-23-40)43-36-44(57-49-31-16-13-28-46(49)47-29-14-17-32-50(47)57)38-45(37-43)58-51-33-18-15-30-48(51)54-52(34-19-35-53(54)58)56(41-24-9-3-10-25-41)42-26-11-4-12-27-42/h1-38H. The minimum Gasteiger partial charge on any atom is -0.310 e. The summed E-state index contributed by atoms with van der Waals surface area (Å²) < 4.78 is 4.88. The lowest BCUT2D eigenvalue weighted by Gasteiger charge is -2.27. The molecule has 4 heteroatoms. The Bertz CT molecular complexity index is 3090. The van der Waals surface area contributed by atoms with Gasteiger partial charge in [0.15, 0.2) is 0 Å². The Morgan fingerprint density at radius 1 is 0.259 bits per heavy atom. The van der Waals surface area contributed by atoms with E-state index in [4.69, 9.17) is 0 Å². The number of benzene rings is 9. The third-order valence-corrected chi connectivity index (χ3v) is 11.2. The van der Waals surface area contributed by atoms with Crippen LogP contribution >= 0.6 is 0 Å². The summed E-state index contributed by atoms with van der Waals surface area (Å²) in [7, 11) is 0. The largest absolute Gasteiger partial charge is 0.310 e. The molecule has 2 aromatic heterocycles. The van der Waals surface area contributed by atoms with Crippen LogP contribution in [0.5, 0.6) is 0 Å². The summed E-state index contributed by atoms with van der Waals surface area (Å²) in [5, 5.41) is 4.85. The molecular weight excluding hydrogens is 705 g/mol. The van der Waals surface area contributed by atoms with Crippen LogP contribution in [0.1, 0.15) is 0 Å². The van der Waals surface area contributed by atoms with Crippen LogP contribution in [0.4, 0.5) is 34.1 Å². The Labute approximate surface area is 337 Å². The Hall–Kier alpha value is -7.82. The van der Waals surface area contributed by atoms with Gasteiger partial charge in [0.25, 0.3) is 0 Å². The van der Waals surface area contributed by atoms with E-state index in [0.717, 1.165) is 56.5 Å². The van der Waals surface area contributed by atoms with Crippen molar-refractivity contribution < 1.29 is 0 Å². The molecule has 0 atom stereocenters. The second-order valence-corrected chi connectivity index (χ2v) is 14.6. The highest BCUT2D eigenvalue weighted by atomic mass is 15.2. The zero-order chi connectivity index (χ0) is 38.4. The van der Waals surface area contributed by atoms with E-state index in [2.05, 4.69) is 249 Å². The van der Waals surface area contributed by atoms with Gasteiger partial charge in [0, 0.05) is 44.3 Å².